The van der Waals surface area contributed by atoms with Crippen molar-refractivity contribution in [3.63, 3.8) is 0 Å². The van der Waals surface area contributed by atoms with Gasteiger partial charge in [0.2, 0.25) is 0 Å². The Morgan fingerprint density at radius 1 is 0.938 bits per heavy atom. The molecule has 0 aliphatic carbocycles. The van der Waals surface area contributed by atoms with Crippen LogP contribution in [0.1, 0.15) is 16.7 Å². The Hall–Kier alpha value is -2.65. The Balaban J connectivity index is 0.000000278. The molecule has 0 bridgehead atoms. The number of aryl methyl sites for hydroxylation is 1. The number of hydrogen-bond donors (Lipinski definition) is 2. The highest BCUT2D eigenvalue weighted by molar-refractivity contribution is 7.98. The zero-order valence-corrected chi connectivity index (χ0v) is 19.4. The molecule has 0 aliphatic heterocycles. The smallest absolute Gasteiger partial charge is 0.324 e. The van der Waals surface area contributed by atoms with Gasteiger partial charge in [0, 0.05) is 11.5 Å². The van der Waals surface area contributed by atoms with Gasteiger partial charge in [0.1, 0.15) is 12.6 Å². The summed E-state index contributed by atoms with van der Waals surface area (Å²) >= 11 is 1.64. The lowest BCUT2D eigenvalue weighted by molar-refractivity contribution is -0.145. The molecule has 8 heteroatoms. The topological polar surface area (TPSA) is 107 Å². The Morgan fingerprint density at radius 2 is 1.47 bits per heavy atom. The van der Waals surface area contributed by atoms with Gasteiger partial charge in [0.15, 0.2) is 0 Å². The van der Waals surface area contributed by atoms with E-state index < -0.39 is 16.2 Å². The van der Waals surface area contributed by atoms with Gasteiger partial charge in [-0.05, 0) is 30.2 Å². The fourth-order valence-electron chi connectivity index (χ4n) is 2.49. The monoisotopic (exact) mass is 473 g/mol. The van der Waals surface area contributed by atoms with Gasteiger partial charge < -0.3 is 10.5 Å². The Morgan fingerprint density at radius 3 is 2.00 bits per heavy atom. The zero-order valence-electron chi connectivity index (χ0n) is 17.8. The lowest BCUT2D eigenvalue weighted by Crippen LogP contribution is -2.34. The number of esters is 1. The maximum Gasteiger partial charge on any atom is 0.324 e. The normalized spacial score (nSPS) is 11.7. The minimum Gasteiger partial charge on any atom is -0.460 e. The molecule has 0 heterocycles. The summed E-state index contributed by atoms with van der Waals surface area (Å²) in [6.45, 7) is 2.12. The van der Waals surface area contributed by atoms with Gasteiger partial charge in [0.05, 0.1) is 4.90 Å². The van der Waals surface area contributed by atoms with E-state index in [1.54, 1.807) is 23.9 Å². The third-order valence-corrected chi connectivity index (χ3v) is 6.25. The number of hydrogen-bond acceptors (Lipinski definition) is 6. The minimum atomic E-state index is -4.02. The molecule has 0 fully saturated rings. The molecular formula is C24H27NO5S2. The average Bonchev–Trinajstić information content (AvgIpc) is 2.79. The summed E-state index contributed by atoms with van der Waals surface area (Å²) in [6.07, 6.45) is 0. The first-order chi connectivity index (χ1) is 15.3. The first kappa shape index (κ1) is 25.6. The van der Waals surface area contributed by atoms with Gasteiger partial charge in [0.25, 0.3) is 10.1 Å². The lowest BCUT2D eigenvalue weighted by Gasteiger charge is -2.11. The molecule has 0 aromatic heterocycles. The highest BCUT2D eigenvalue weighted by Gasteiger charge is 2.15. The first-order valence-corrected chi connectivity index (χ1v) is 12.5. The van der Waals surface area contributed by atoms with E-state index in [0.29, 0.717) is 5.75 Å². The quantitative estimate of drug-likeness (QED) is 0.372. The van der Waals surface area contributed by atoms with Crippen LogP contribution >= 0.6 is 11.8 Å². The van der Waals surface area contributed by atoms with E-state index in [9.17, 15) is 13.2 Å². The van der Waals surface area contributed by atoms with E-state index in [1.807, 2.05) is 55.5 Å². The number of thioether (sulfide) groups is 1. The molecule has 0 spiro atoms. The van der Waals surface area contributed by atoms with Crippen molar-refractivity contribution in [2.45, 2.75) is 30.2 Å². The van der Waals surface area contributed by atoms with Crippen molar-refractivity contribution in [2.75, 3.05) is 5.75 Å². The lowest BCUT2D eigenvalue weighted by atomic mass is 10.2. The standard InChI is InChI=1S/C17H19NO2S.C7H8O3S/c18-16(13-21-12-15-9-5-2-6-10-15)17(19)20-11-14-7-3-1-4-8-14;1-6-2-4-7(5-3-6)11(8,9)10/h1-10,16H,11-13,18H2;2-5H,1H3,(H,8,9,10). The molecular weight excluding hydrogens is 446 g/mol. The van der Waals surface area contributed by atoms with Crippen LogP contribution in [0.5, 0.6) is 0 Å². The first-order valence-electron chi connectivity index (χ1n) is 9.87. The summed E-state index contributed by atoms with van der Waals surface area (Å²) in [5.41, 5.74) is 9.00. The van der Waals surface area contributed by atoms with Gasteiger partial charge in [-0.15, -0.1) is 0 Å². The Bertz CT molecular complexity index is 1060. The Kier molecular flexibility index (Phi) is 10.4. The van der Waals surface area contributed by atoms with Crippen molar-refractivity contribution < 1.29 is 22.5 Å². The molecule has 6 nitrogen and oxygen atoms in total. The average molecular weight is 474 g/mol. The van der Waals surface area contributed by atoms with Gasteiger partial charge in [-0.25, -0.2) is 0 Å². The number of benzene rings is 3. The summed E-state index contributed by atoms with van der Waals surface area (Å²) in [6, 6.07) is 25.1. The second-order valence-electron chi connectivity index (χ2n) is 6.99. The van der Waals surface area contributed by atoms with Gasteiger partial charge in [-0.1, -0.05) is 78.4 Å². The number of ether oxygens (including phenoxy) is 1. The second kappa shape index (κ2) is 13.0. The number of carbonyl (C=O) groups excluding carboxylic acids is 1. The van der Waals surface area contributed by atoms with Crippen LogP contribution < -0.4 is 5.73 Å². The molecule has 3 rings (SSSR count). The summed E-state index contributed by atoms with van der Waals surface area (Å²) in [4.78, 5) is 11.7. The second-order valence-corrected chi connectivity index (χ2v) is 9.44. The van der Waals surface area contributed by atoms with Gasteiger partial charge in [-0.2, -0.15) is 20.2 Å². The van der Waals surface area contributed by atoms with E-state index in [2.05, 4.69) is 12.1 Å². The summed E-state index contributed by atoms with van der Waals surface area (Å²) in [5.74, 6) is 1.06. The summed E-state index contributed by atoms with van der Waals surface area (Å²) < 4.78 is 34.8. The Labute approximate surface area is 193 Å². The molecule has 170 valence electrons. The van der Waals surface area contributed by atoms with E-state index in [-0.39, 0.29) is 17.5 Å². The SMILES string of the molecule is Cc1ccc(S(=O)(=O)O)cc1.NC(CSCc1ccccc1)C(=O)OCc1ccccc1. The van der Waals surface area contributed by atoms with E-state index in [4.69, 9.17) is 15.0 Å². The molecule has 0 aliphatic rings. The number of rotatable bonds is 8. The summed E-state index contributed by atoms with van der Waals surface area (Å²) in [7, 11) is -4.02. The largest absolute Gasteiger partial charge is 0.460 e. The highest BCUT2D eigenvalue weighted by atomic mass is 32.2. The predicted octanol–water partition coefficient (Wildman–Crippen LogP) is 4.23. The van der Waals surface area contributed by atoms with Crippen LogP contribution in [0.15, 0.2) is 89.8 Å². The van der Waals surface area contributed by atoms with Crippen LogP contribution in [-0.4, -0.2) is 30.7 Å². The van der Waals surface area contributed by atoms with Crippen LogP contribution in [-0.2, 0) is 32.0 Å². The van der Waals surface area contributed by atoms with Crippen molar-refractivity contribution >= 4 is 27.8 Å². The molecule has 3 N–H and O–H groups in total. The van der Waals surface area contributed by atoms with Crippen molar-refractivity contribution in [2.24, 2.45) is 5.73 Å². The fraction of sp³-hybridized carbons (Fsp3) is 0.208. The van der Waals surface area contributed by atoms with Gasteiger partial charge >= 0.3 is 5.97 Å². The van der Waals surface area contributed by atoms with E-state index in [0.717, 1.165) is 16.9 Å². The van der Waals surface area contributed by atoms with Crippen molar-refractivity contribution in [1.82, 2.24) is 0 Å². The van der Waals surface area contributed by atoms with Crippen LogP contribution in [0.3, 0.4) is 0 Å². The molecule has 32 heavy (non-hydrogen) atoms. The molecule has 0 saturated heterocycles. The van der Waals surface area contributed by atoms with Crippen LogP contribution in [0.2, 0.25) is 0 Å². The van der Waals surface area contributed by atoms with Crippen LogP contribution in [0.25, 0.3) is 0 Å². The molecule has 3 aromatic carbocycles. The van der Waals surface area contributed by atoms with Crippen LogP contribution in [0.4, 0.5) is 0 Å². The number of carbonyl (C=O) groups is 1. The third-order valence-electron chi connectivity index (χ3n) is 4.25. The minimum absolute atomic E-state index is 0.0666. The molecule has 0 saturated carbocycles. The highest BCUT2D eigenvalue weighted by Crippen LogP contribution is 2.13. The molecule has 3 aromatic rings. The maximum absolute atomic E-state index is 11.8. The van der Waals surface area contributed by atoms with Gasteiger partial charge in [-0.3, -0.25) is 9.35 Å². The van der Waals surface area contributed by atoms with Crippen molar-refractivity contribution in [3.05, 3.63) is 102 Å². The summed E-state index contributed by atoms with van der Waals surface area (Å²) in [5, 5.41) is 0. The van der Waals surface area contributed by atoms with Crippen LogP contribution in [0, 0.1) is 6.92 Å². The fourth-order valence-corrected chi connectivity index (χ4v) is 3.91. The molecule has 0 radical (unpaired) electrons. The van der Waals surface area contributed by atoms with Crippen molar-refractivity contribution in [3.8, 4) is 0 Å². The predicted molar refractivity (Wildman–Crippen MR) is 128 cm³/mol. The van der Waals surface area contributed by atoms with Crippen molar-refractivity contribution in [1.29, 1.82) is 0 Å². The zero-order chi connectivity index (χ0) is 23.4. The van der Waals surface area contributed by atoms with E-state index >= 15 is 0 Å². The van der Waals surface area contributed by atoms with E-state index in [1.165, 1.54) is 17.7 Å². The third kappa shape index (κ3) is 9.65. The maximum atomic E-state index is 11.8. The molecule has 1 unspecified atom stereocenters. The molecule has 0 amide bonds. The molecule has 1 atom stereocenters. The number of nitrogens with two attached hydrogens (primary N) is 1.